The standard InChI is InChI=1S/C16H25NO3/c1-4-17-14(11-18-10-12(2)3)13-5-6-15-16(9-13)20-8-7-19-15/h5-6,9,12,14,17H,4,7-8,10-11H2,1-3H3. The number of hydrogen-bond donors (Lipinski definition) is 1. The SMILES string of the molecule is CCNC(COCC(C)C)c1ccc2c(c1)OCCO2. The third-order valence-electron chi connectivity index (χ3n) is 3.15. The van der Waals surface area contributed by atoms with E-state index < -0.39 is 0 Å². The van der Waals surface area contributed by atoms with Crippen LogP contribution in [0.25, 0.3) is 0 Å². The Morgan fingerprint density at radius 3 is 2.60 bits per heavy atom. The Balaban J connectivity index is 2.04. The molecule has 1 aliphatic heterocycles. The summed E-state index contributed by atoms with van der Waals surface area (Å²) in [5, 5.41) is 3.46. The van der Waals surface area contributed by atoms with Gasteiger partial charge in [0, 0.05) is 6.61 Å². The van der Waals surface area contributed by atoms with Gasteiger partial charge in [0.15, 0.2) is 11.5 Å². The molecular formula is C16H25NO3. The first-order valence-electron chi connectivity index (χ1n) is 7.41. The second-order valence-electron chi connectivity index (χ2n) is 5.44. The minimum Gasteiger partial charge on any atom is -0.486 e. The van der Waals surface area contributed by atoms with Crippen LogP contribution in [0.15, 0.2) is 18.2 Å². The lowest BCUT2D eigenvalue weighted by molar-refractivity contribution is 0.0903. The zero-order chi connectivity index (χ0) is 14.4. The average Bonchev–Trinajstić information content (AvgIpc) is 2.45. The highest BCUT2D eigenvalue weighted by molar-refractivity contribution is 5.44. The Morgan fingerprint density at radius 1 is 1.15 bits per heavy atom. The van der Waals surface area contributed by atoms with Crippen molar-refractivity contribution in [3.63, 3.8) is 0 Å². The molecule has 1 aromatic carbocycles. The summed E-state index contributed by atoms with van der Waals surface area (Å²) in [6, 6.07) is 6.31. The Labute approximate surface area is 121 Å². The average molecular weight is 279 g/mol. The Hall–Kier alpha value is -1.26. The highest BCUT2D eigenvalue weighted by Crippen LogP contribution is 2.32. The van der Waals surface area contributed by atoms with E-state index in [2.05, 4.69) is 38.2 Å². The predicted octanol–water partition coefficient (Wildman–Crippen LogP) is 2.78. The third-order valence-corrected chi connectivity index (χ3v) is 3.15. The van der Waals surface area contributed by atoms with Crippen LogP contribution in [0.4, 0.5) is 0 Å². The van der Waals surface area contributed by atoms with Crippen molar-refractivity contribution in [3.8, 4) is 11.5 Å². The van der Waals surface area contributed by atoms with Gasteiger partial charge in [-0.3, -0.25) is 0 Å². The molecule has 20 heavy (non-hydrogen) atoms. The van der Waals surface area contributed by atoms with E-state index in [0.29, 0.717) is 25.7 Å². The van der Waals surface area contributed by atoms with E-state index in [0.717, 1.165) is 24.7 Å². The largest absolute Gasteiger partial charge is 0.486 e. The molecule has 0 saturated heterocycles. The molecule has 1 aromatic rings. The molecule has 0 radical (unpaired) electrons. The Kier molecular flexibility index (Phi) is 5.68. The number of hydrogen-bond acceptors (Lipinski definition) is 4. The van der Waals surface area contributed by atoms with Gasteiger partial charge in [0.05, 0.1) is 12.6 Å². The highest BCUT2D eigenvalue weighted by atomic mass is 16.6. The summed E-state index contributed by atoms with van der Waals surface area (Å²) in [5.74, 6) is 2.22. The lowest BCUT2D eigenvalue weighted by atomic mass is 10.1. The molecular weight excluding hydrogens is 254 g/mol. The van der Waals surface area contributed by atoms with Gasteiger partial charge >= 0.3 is 0 Å². The fourth-order valence-electron chi connectivity index (χ4n) is 2.22. The summed E-state index contributed by atoms with van der Waals surface area (Å²) in [7, 11) is 0. The summed E-state index contributed by atoms with van der Waals surface area (Å²) in [6.45, 7) is 10.0. The van der Waals surface area contributed by atoms with Crippen LogP contribution < -0.4 is 14.8 Å². The number of likely N-dealkylation sites (N-methyl/N-ethyl adjacent to an activating group) is 1. The first-order chi connectivity index (χ1) is 9.70. The van der Waals surface area contributed by atoms with Crippen LogP contribution >= 0.6 is 0 Å². The molecule has 0 bridgehead atoms. The van der Waals surface area contributed by atoms with Crippen molar-refractivity contribution < 1.29 is 14.2 Å². The summed E-state index contributed by atoms with van der Waals surface area (Å²) in [5.41, 5.74) is 1.18. The maximum absolute atomic E-state index is 5.77. The molecule has 1 atom stereocenters. The lowest BCUT2D eigenvalue weighted by Crippen LogP contribution is -2.26. The van der Waals surface area contributed by atoms with E-state index in [-0.39, 0.29) is 6.04 Å². The molecule has 0 aliphatic carbocycles. The number of ether oxygens (including phenoxy) is 3. The molecule has 4 heteroatoms. The second kappa shape index (κ2) is 7.50. The normalized spacial score (nSPS) is 15.4. The van der Waals surface area contributed by atoms with Crippen LogP contribution in [0.2, 0.25) is 0 Å². The lowest BCUT2D eigenvalue weighted by Gasteiger charge is -2.23. The molecule has 0 spiro atoms. The molecule has 0 fully saturated rings. The van der Waals surface area contributed by atoms with Crippen LogP contribution in [0, 0.1) is 5.92 Å². The van der Waals surface area contributed by atoms with E-state index in [9.17, 15) is 0 Å². The van der Waals surface area contributed by atoms with Crippen LogP contribution in [0.5, 0.6) is 11.5 Å². The number of fused-ring (bicyclic) bond motifs is 1. The Morgan fingerprint density at radius 2 is 1.90 bits per heavy atom. The van der Waals surface area contributed by atoms with Gasteiger partial charge in [-0.05, 0) is 30.2 Å². The van der Waals surface area contributed by atoms with Gasteiger partial charge in [0.2, 0.25) is 0 Å². The third kappa shape index (κ3) is 4.12. The van der Waals surface area contributed by atoms with E-state index in [1.165, 1.54) is 5.56 Å². The minimum absolute atomic E-state index is 0.189. The van der Waals surface area contributed by atoms with E-state index in [1.807, 2.05) is 6.07 Å². The summed E-state index contributed by atoms with van der Waals surface area (Å²) in [4.78, 5) is 0. The molecule has 1 aliphatic rings. The summed E-state index contributed by atoms with van der Waals surface area (Å²) < 4.78 is 17.0. The van der Waals surface area contributed by atoms with Gasteiger partial charge in [-0.25, -0.2) is 0 Å². The quantitative estimate of drug-likeness (QED) is 0.833. The number of rotatable bonds is 7. The van der Waals surface area contributed by atoms with Crippen molar-refractivity contribution in [1.29, 1.82) is 0 Å². The van der Waals surface area contributed by atoms with Gasteiger partial charge in [-0.15, -0.1) is 0 Å². The van der Waals surface area contributed by atoms with Crippen molar-refractivity contribution in [3.05, 3.63) is 23.8 Å². The number of nitrogens with one attached hydrogen (secondary N) is 1. The maximum Gasteiger partial charge on any atom is 0.161 e. The molecule has 4 nitrogen and oxygen atoms in total. The minimum atomic E-state index is 0.189. The Bertz CT molecular complexity index is 420. The molecule has 112 valence electrons. The van der Waals surface area contributed by atoms with Gasteiger partial charge < -0.3 is 19.5 Å². The molecule has 0 saturated carbocycles. The fourth-order valence-corrected chi connectivity index (χ4v) is 2.22. The van der Waals surface area contributed by atoms with Gasteiger partial charge in [0.1, 0.15) is 13.2 Å². The summed E-state index contributed by atoms with van der Waals surface area (Å²) >= 11 is 0. The first-order valence-corrected chi connectivity index (χ1v) is 7.41. The van der Waals surface area contributed by atoms with Crippen molar-refractivity contribution in [2.75, 3.05) is 33.0 Å². The van der Waals surface area contributed by atoms with E-state index in [4.69, 9.17) is 14.2 Å². The second-order valence-corrected chi connectivity index (χ2v) is 5.44. The van der Waals surface area contributed by atoms with Gasteiger partial charge in [-0.1, -0.05) is 26.8 Å². The van der Waals surface area contributed by atoms with Crippen LogP contribution in [-0.4, -0.2) is 33.0 Å². The molecule has 1 unspecified atom stereocenters. The zero-order valence-corrected chi connectivity index (χ0v) is 12.6. The van der Waals surface area contributed by atoms with Gasteiger partial charge in [-0.2, -0.15) is 0 Å². The molecule has 0 amide bonds. The van der Waals surface area contributed by atoms with Crippen LogP contribution in [0.3, 0.4) is 0 Å². The summed E-state index contributed by atoms with van der Waals surface area (Å²) in [6.07, 6.45) is 0. The zero-order valence-electron chi connectivity index (χ0n) is 12.6. The van der Waals surface area contributed by atoms with Gasteiger partial charge in [0.25, 0.3) is 0 Å². The molecule has 2 rings (SSSR count). The smallest absolute Gasteiger partial charge is 0.161 e. The maximum atomic E-state index is 5.77. The van der Waals surface area contributed by atoms with Crippen LogP contribution in [0.1, 0.15) is 32.4 Å². The molecule has 0 aromatic heterocycles. The monoisotopic (exact) mass is 279 g/mol. The fraction of sp³-hybridized carbons (Fsp3) is 0.625. The van der Waals surface area contributed by atoms with Crippen molar-refractivity contribution >= 4 is 0 Å². The molecule has 1 heterocycles. The van der Waals surface area contributed by atoms with E-state index in [1.54, 1.807) is 0 Å². The predicted molar refractivity (Wildman–Crippen MR) is 79.5 cm³/mol. The first kappa shape index (κ1) is 15.1. The van der Waals surface area contributed by atoms with Crippen molar-refractivity contribution in [1.82, 2.24) is 5.32 Å². The van der Waals surface area contributed by atoms with E-state index >= 15 is 0 Å². The number of benzene rings is 1. The van der Waals surface area contributed by atoms with Crippen molar-refractivity contribution in [2.45, 2.75) is 26.8 Å². The topological polar surface area (TPSA) is 39.7 Å². The van der Waals surface area contributed by atoms with Crippen molar-refractivity contribution in [2.24, 2.45) is 5.92 Å². The highest BCUT2D eigenvalue weighted by Gasteiger charge is 2.16. The van der Waals surface area contributed by atoms with Crippen LogP contribution in [-0.2, 0) is 4.74 Å². The molecule has 1 N–H and O–H groups in total.